The number of ether oxygens (including phenoxy) is 1. The van der Waals surface area contributed by atoms with Crippen LogP contribution in [-0.2, 0) is 22.6 Å². The maximum Gasteiger partial charge on any atom is 0.225 e. The number of nitrogens with zero attached hydrogens (tertiary/aromatic N) is 1. The van der Waals surface area contributed by atoms with E-state index in [-0.39, 0.29) is 12.0 Å². The van der Waals surface area contributed by atoms with Crippen molar-refractivity contribution < 1.29 is 9.53 Å². The highest BCUT2D eigenvalue weighted by molar-refractivity contribution is 5.77. The van der Waals surface area contributed by atoms with Gasteiger partial charge in [-0.3, -0.25) is 4.79 Å². The fourth-order valence-electron chi connectivity index (χ4n) is 2.58. The molecule has 1 fully saturated rings. The topological polar surface area (TPSA) is 41.6 Å². The van der Waals surface area contributed by atoms with Crippen LogP contribution in [0.4, 0.5) is 0 Å². The fraction of sp³-hybridized carbons (Fsp3) is 0.500. The molecule has 1 unspecified atom stereocenters. The zero-order valence-electron chi connectivity index (χ0n) is 10.4. The largest absolute Gasteiger partial charge is 0.375 e. The Hall–Kier alpha value is -1.39. The molecule has 0 saturated carbocycles. The molecule has 4 nitrogen and oxygen atoms in total. The minimum absolute atomic E-state index is 0.0370. The van der Waals surface area contributed by atoms with E-state index in [1.54, 1.807) is 0 Å². The molecule has 1 amide bonds. The van der Waals surface area contributed by atoms with Crippen LogP contribution in [0.25, 0.3) is 0 Å². The number of benzene rings is 1. The molecule has 1 aromatic rings. The van der Waals surface area contributed by atoms with Gasteiger partial charge in [0, 0.05) is 26.2 Å². The third-order valence-electron chi connectivity index (χ3n) is 3.60. The molecule has 3 rings (SSSR count). The van der Waals surface area contributed by atoms with Gasteiger partial charge in [0.1, 0.15) is 0 Å². The van der Waals surface area contributed by atoms with Crippen molar-refractivity contribution in [1.29, 1.82) is 0 Å². The van der Waals surface area contributed by atoms with E-state index in [4.69, 9.17) is 4.74 Å². The van der Waals surface area contributed by atoms with Gasteiger partial charge >= 0.3 is 0 Å². The summed E-state index contributed by atoms with van der Waals surface area (Å²) in [4.78, 5) is 14.1. The number of carbonyl (C=O) groups is 1. The summed E-state index contributed by atoms with van der Waals surface area (Å²) in [7, 11) is 0. The number of morpholine rings is 1. The molecule has 1 saturated heterocycles. The molecule has 0 aromatic heterocycles. The van der Waals surface area contributed by atoms with Crippen LogP contribution >= 0.6 is 0 Å². The number of amides is 1. The summed E-state index contributed by atoms with van der Waals surface area (Å²) in [5.74, 6) is 0.194. The normalized spacial score (nSPS) is 22.9. The number of rotatable bonds is 2. The van der Waals surface area contributed by atoms with E-state index in [0.717, 1.165) is 26.2 Å². The van der Waals surface area contributed by atoms with Crippen LogP contribution in [0.2, 0.25) is 0 Å². The summed E-state index contributed by atoms with van der Waals surface area (Å²) in [6, 6.07) is 8.25. The van der Waals surface area contributed by atoms with Crippen molar-refractivity contribution in [2.24, 2.45) is 0 Å². The molecular weight excluding hydrogens is 228 g/mol. The van der Waals surface area contributed by atoms with Gasteiger partial charge in [0.25, 0.3) is 0 Å². The van der Waals surface area contributed by atoms with E-state index in [0.29, 0.717) is 13.0 Å². The average Bonchev–Trinajstić information content (AvgIpc) is 2.84. The molecule has 1 aromatic carbocycles. The molecule has 0 bridgehead atoms. The zero-order valence-corrected chi connectivity index (χ0v) is 10.4. The van der Waals surface area contributed by atoms with Crippen LogP contribution in [-0.4, -0.2) is 36.6 Å². The molecule has 0 radical (unpaired) electrons. The van der Waals surface area contributed by atoms with Gasteiger partial charge in [-0.2, -0.15) is 0 Å². The van der Waals surface area contributed by atoms with Gasteiger partial charge in [-0.1, -0.05) is 24.3 Å². The highest BCUT2D eigenvalue weighted by atomic mass is 16.5. The zero-order chi connectivity index (χ0) is 12.4. The smallest absolute Gasteiger partial charge is 0.225 e. The Morgan fingerprint density at radius 3 is 2.67 bits per heavy atom. The summed E-state index contributed by atoms with van der Waals surface area (Å²) >= 11 is 0. The van der Waals surface area contributed by atoms with Crippen molar-refractivity contribution in [3.05, 3.63) is 35.4 Å². The highest BCUT2D eigenvalue weighted by Gasteiger charge is 2.26. The van der Waals surface area contributed by atoms with Crippen LogP contribution in [0, 0.1) is 0 Å². The first kappa shape index (κ1) is 11.7. The third kappa shape index (κ3) is 2.40. The van der Waals surface area contributed by atoms with Gasteiger partial charge in [0.05, 0.1) is 19.1 Å². The molecule has 0 aliphatic carbocycles. The minimum atomic E-state index is 0.0370. The number of fused-ring (bicyclic) bond motifs is 1. The first-order valence-corrected chi connectivity index (χ1v) is 6.50. The van der Waals surface area contributed by atoms with Crippen LogP contribution < -0.4 is 5.32 Å². The van der Waals surface area contributed by atoms with Crippen LogP contribution in [0.5, 0.6) is 0 Å². The minimum Gasteiger partial charge on any atom is -0.375 e. The van der Waals surface area contributed by atoms with Crippen molar-refractivity contribution in [3.8, 4) is 0 Å². The Kier molecular flexibility index (Phi) is 3.30. The fourth-order valence-corrected chi connectivity index (χ4v) is 2.58. The molecule has 1 N–H and O–H groups in total. The lowest BCUT2D eigenvalue weighted by Gasteiger charge is -2.25. The molecule has 4 heteroatoms. The highest BCUT2D eigenvalue weighted by Crippen LogP contribution is 2.23. The number of hydrogen-bond acceptors (Lipinski definition) is 3. The van der Waals surface area contributed by atoms with Gasteiger partial charge in [0.2, 0.25) is 5.91 Å². The lowest BCUT2D eigenvalue weighted by Crippen LogP contribution is -2.41. The Morgan fingerprint density at radius 2 is 2.06 bits per heavy atom. The molecular formula is C14H18N2O2. The monoisotopic (exact) mass is 246 g/mol. The Morgan fingerprint density at radius 1 is 1.33 bits per heavy atom. The van der Waals surface area contributed by atoms with E-state index >= 15 is 0 Å². The maximum absolute atomic E-state index is 12.2. The molecule has 2 aliphatic heterocycles. The molecule has 1 atom stereocenters. The second-order valence-corrected chi connectivity index (χ2v) is 4.92. The van der Waals surface area contributed by atoms with Gasteiger partial charge in [-0.15, -0.1) is 0 Å². The Bertz CT molecular complexity index is 416. The Labute approximate surface area is 107 Å². The van der Waals surface area contributed by atoms with Gasteiger partial charge in [-0.25, -0.2) is 0 Å². The van der Waals surface area contributed by atoms with E-state index < -0.39 is 0 Å². The average molecular weight is 246 g/mol. The van der Waals surface area contributed by atoms with E-state index in [2.05, 4.69) is 17.4 Å². The third-order valence-corrected chi connectivity index (χ3v) is 3.60. The number of nitrogens with one attached hydrogen (secondary N) is 1. The maximum atomic E-state index is 12.2. The predicted molar refractivity (Wildman–Crippen MR) is 67.9 cm³/mol. The number of carbonyl (C=O) groups excluding carboxylic acids is 1. The molecule has 18 heavy (non-hydrogen) atoms. The van der Waals surface area contributed by atoms with Crippen LogP contribution in [0.3, 0.4) is 0 Å². The summed E-state index contributed by atoms with van der Waals surface area (Å²) in [5, 5.41) is 3.25. The summed E-state index contributed by atoms with van der Waals surface area (Å²) in [6.07, 6.45) is 0.524. The van der Waals surface area contributed by atoms with Crippen LogP contribution in [0.1, 0.15) is 17.5 Å². The molecule has 2 heterocycles. The SMILES string of the molecule is O=C(CC1CNCCO1)N1Cc2ccccc2C1. The lowest BCUT2D eigenvalue weighted by atomic mass is 10.1. The summed E-state index contributed by atoms with van der Waals surface area (Å²) in [5.41, 5.74) is 2.54. The first-order valence-electron chi connectivity index (χ1n) is 6.50. The quantitative estimate of drug-likeness (QED) is 0.843. The van der Waals surface area contributed by atoms with Crippen LogP contribution in [0.15, 0.2) is 24.3 Å². The van der Waals surface area contributed by atoms with E-state index in [1.807, 2.05) is 17.0 Å². The lowest BCUT2D eigenvalue weighted by molar-refractivity contribution is -0.135. The predicted octanol–water partition coefficient (Wildman–Crippen LogP) is 0.907. The van der Waals surface area contributed by atoms with E-state index in [9.17, 15) is 4.79 Å². The number of hydrogen-bond donors (Lipinski definition) is 1. The van der Waals surface area contributed by atoms with Crippen molar-refractivity contribution in [1.82, 2.24) is 10.2 Å². The standard InChI is InChI=1S/C14H18N2O2/c17-14(7-13-8-15-5-6-18-13)16-9-11-3-1-2-4-12(11)10-16/h1-4,13,15H,5-10H2. The van der Waals surface area contributed by atoms with Crippen molar-refractivity contribution in [3.63, 3.8) is 0 Å². The van der Waals surface area contributed by atoms with Crippen molar-refractivity contribution >= 4 is 5.91 Å². The summed E-state index contributed by atoms with van der Waals surface area (Å²) in [6.45, 7) is 3.87. The van der Waals surface area contributed by atoms with Crippen molar-refractivity contribution in [2.45, 2.75) is 25.6 Å². The second-order valence-electron chi connectivity index (χ2n) is 4.92. The van der Waals surface area contributed by atoms with E-state index in [1.165, 1.54) is 11.1 Å². The van der Waals surface area contributed by atoms with Crippen molar-refractivity contribution in [2.75, 3.05) is 19.7 Å². The first-order chi connectivity index (χ1) is 8.83. The molecule has 2 aliphatic rings. The molecule has 96 valence electrons. The van der Waals surface area contributed by atoms with Gasteiger partial charge < -0.3 is 15.0 Å². The second kappa shape index (κ2) is 5.08. The van der Waals surface area contributed by atoms with Gasteiger partial charge in [0.15, 0.2) is 0 Å². The Balaban J connectivity index is 1.58. The molecule has 0 spiro atoms. The summed E-state index contributed by atoms with van der Waals surface area (Å²) < 4.78 is 5.58. The van der Waals surface area contributed by atoms with Gasteiger partial charge in [-0.05, 0) is 11.1 Å².